The molecule has 2 atom stereocenters. The van der Waals surface area contributed by atoms with Crippen LogP contribution in [0.1, 0.15) is 42.5 Å². The highest BCUT2D eigenvalue weighted by Gasteiger charge is 2.37. The molecule has 49 heavy (non-hydrogen) atoms. The van der Waals surface area contributed by atoms with Crippen LogP contribution in [0.4, 0.5) is 18.9 Å². The fraction of sp³-hybridized carbons (Fsp3) is 0.278. The molecule has 0 fully saturated rings. The maximum atomic E-state index is 14.6. The van der Waals surface area contributed by atoms with Crippen molar-refractivity contribution in [3.63, 3.8) is 0 Å². The summed E-state index contributed by atoms with van der Waals surface area (Å²) in [5.41, 5.74) is 0.274. The molecular weight excluding hydrogens is 698 g/mol. The van der Waals surface area contributed by atoms with Gasteiger partial charge in [-0.1, -0.05) is 90.3 Å². The van der Waals surface area contributed by atoms with Crippen molar-refractivity contribution in [1.82, 2.24) is 10.2 Å². The lowest BCUT2D eigenvalue weighted by atomic mass is 10.0. The van der Waals surface area contributed by atoms with E-state index in [0.29, 0.717) is 27.9 Å². The van der Waals surface area contributed by atoms with E-state index in [9.17, 15) is 31.2 Å². The standard InChI is InChI=1S/C36H36Cl2F3N3O4S/c1-4-25(3)42-35(46)33(20-26-10-6-5-7-11-26)43(22-30-31(37)14-9-15-32(30)38)34(45)23-44(28-13-8-12-27(21-28)36(39,40)41)49(47,48)29-18-16-24(2)17-19-29/h5-19,21,25,33H,4,20,22-23H2,1-3H3,(H,42,46)/t25-,33-/m1/s1. The van der Waals surface area contributed by atoms with Gasteiger partial charge in [-0.05, 0) is 68.3 Å². The molecule has 0 unspecified atom stereocenters. The Hall–Kier alpha value is -4.06. The Morgan fingerprint density at radius 2 is 1.49 bits per heavy atom. The third-order valence-electron chi connectivity index (χ3n) is 8.01. The predicted molar refractivity (Wildman–Crippen MR) is 186 cm³/mol. The number of halogens is 5. The number of alkyl halides is 3. The van der Waals surface area contributed by atoms with Crippen LogP contribution in [0.15, 0.2) is 102 Å². The Labute approximate surface area is 294 Å². The average Bonchev–Trinajstić information content (AvgIpc) is 3.06. The van der Waals surface area contributed by atoms with Crippen LogP contribution in [-0.4, -0.2) is 43.8 Å². The molecule has 0 saturated heterocycles. The summed E-state index contributed by atoms with van der Waals surface area (Å²) in [7, 11) is -4.61. The fourth-order valence-corrected chi connectivity index (χ4v) is 6.98. The molecule has 4 rings (SSSR count). The Kier molecular flexibility index (Phi) is 12.4. The molecule has 13 heteroatoms. The second kappa shape index (κ2) is 16.1. The Morgan fingerprint density at radius 1 is 0.878 bits per heavy atom. The van der Waals surface area contributed by atoms with Gasteiger partial charge >= 0.3 is 6.18 Å². The van der Waals surface area contributed by atoms with Crippen molar-refractivity contribution in [2.45, 2.75) is 63.3 Å². The molecule has 4 aromatic rings. The van der Waals surface area contributed by atoms with Gasteiger partial charge in [-0.15, -0.1) is 0 Å². The number of sulfonamides is 1. The smallest absolute Gasteiger partial charge is 0.352 e. The summed E-state index contributed by atoms with van der Waals surface area (Å²) in [6.07, 6.45) is -4.17. The van der Waals surface area contributed by atoms with E-state index in [1.807, 2.05) is 6.92 Å². The number of anilines is 1. The summed E-state index contributed by atoms with van der Waals surface area (Å²) >= 11 is 13.0. The van der Waals surface area contributed by atoms with Gasteiger partial charge in [0.1, 0.15) is 12.6 Å². The lowest BCUT2D eigenvalue weighted by Gasteiger charge is -2.34. The molecule has 7 nitrogen and oxygen atoms in total. The van der Waals surface area contributed by atoms with Crippen molar-refractivity contribution in [3.8, 4) is 0 Å². The minimum atomic E-state index is -4.79. The third-order valence-corrected chi connectivity index (χ3v) is 10.5. The zero-order chi connectivity index (χ0) is 35.9. The molecule has 0 heterocycles. The van der Waals surface area contributed by atoms with Gasteiger partial charge in [0.2, 0.25) is 11.8 Å². The molecule has 0 radical (unpaired) electrons. The molecule has 0 aromatic heterocycles. The van der Waals surface area contributed by atoms with Crippen LogP contribution >= 0.6 is 23.2 Å². The maximum Gasteiger partial charge on any atom is 0.416 e. The number of benzene rings is 4. The zero-order valence-electron chi connectivity index (χ0n) is 27.0. The number of aryl methyl sites for hydroxylation is 1. The number of hydrogen-bond acceptors (Lipinski definition) is 4. The highest BCUT2D eigenvalue weighted by molar-refractivity contribution is 7.92. The van der Waals surface area contributed by atoms with Crippen molar-refractivity contribution in [2.75, 3.05) is 10.8 Å². The molecular formula is C36H36Cl2F3N3O4S. The lowest BCUT2D eigenvalue weighted by Crippen LogP contribution is -2.54. The molecule has 0 saturated carbocycles. The SMILES string of the molecule is CC[C@@H](C)NC(=O)[C@@H](Cc1ccccc1)N(Cc1c(Cl)cccc1Cl)C(=O)CN(c1cccc(C(F)(F)F)c1)S(=O)(=O)c1ccc(C)cc1. The van der Waals surface area contributed by atoms with Gasteiger partial charge in [0, 0.05) is 34.6 Å². The van der Waals surface area contributed by atoms with E-state index in [4.69, 9.17) is 23.2 Å². The molecule has 0 spiro atoms. The number of carbonyl (C=O) groups excluding carboxylic acids is 2. The fourth-order valence-electron chi connectivity index (χ4n) is 5.05. The highest BCUT2D eigenvalue weighted by atomic mass is 35.5. The Balaban J connectivity index is 1.88. The number of rotatable bonds is 13. The van der Waals surface area contributed by atoms with Crippen molar-refractivity contribution in [1.29, 1.82) is 0 Å². The Morgan fingerprint density at radius 3 is 2.08 bits per heavy atom. The van der Waals surface area contributed by atoms with Gasteiger partial charge in [-0.3, -0.25) is 13.9 Å². The first kappa shape index (κ1) is 37.8. The van der Waals surface area contributed by atoms with Gasteiger partial charge < -0.3 is 10.2 Å². The molecule has 1 N–H and O–H groups in total. The summed E-state index contributed by atoms with van der Waals surface area (Å²) in [6, 6.07) is 21.6. The quantitative estimate of drug-likeness (QED) is 0.151. The number of nitrogens with one attached hydrogen (secondary N) is 1. The summed E-state index contributed by atoms with van der Waals surface area (Å²) in [5, 5.41) is 3.32. The Bertz CT molecular complexity index is 1850. The third kappa shape index (κ3) is 9.55. The van der Waals surface area contributed by atoms with Crippen LogP contribution in [0.3, 0.4) is 0 Å². The molecule has 260 valence electrons. The molecule has 2 amide bonds. The summed E-state index contributed by atoms with van der Waals surface area (Å²) in [6.45, 7) is 4.19. The van der Waals surface area contributed by atoms with Gasteiger partial charge in [-0.2, -0.15) is 13.2 Å². The number of nitrogens with zero attached hydrogens (tertiary/aromatic N) is 2. The van der Waals surface area contributed by atoms with Crippen LogP contribution in [0.5, 0.6) is 0 Å². The van der Waals surface area contributed by atoms with E-state index < -0.39 is 46.2 Å². The average molecular weight is 735 g/mol. The molecule has 0 aliphatic carbocycles. The second-order valence-electron chi connectivity index (χ2n) is 11.6. The van der Waals surface area contributed by atoms with E-state index in [1.165, 1.54) is 23.1 Å². The van der Waals surface area contributed by atoms with E-state index in [0.717, 1.165) is 17.7 Å². The lowest BCUT2D eigenvalue weighted by molar-refractivity contribution is -0.140. The van der Waals surface area contributed by atoms with Gasteiger partial charge in [-0.25, -0.2) is 8.42 Å². The van der Waals surface area contributed by atoms with E-state index in [-0.39, 0.29) is 39.6 Å². The first-order valence-electron chi connectivity index (χ1n) is 15.4. The van der Waals surface area contributed by atoms with Crippen molar-refractivity contribution < 1.29 is 31.2 Å². The van der Waals surface area contributed by atoms with E-state index in [1.54, 1.807) is 74.5 Å². The zero-order valence-corrected chi connectivity index (χ0v) is 29.4. The first-order valence-corrected chi connectivity index (χ1v) is 17.6. The minimum absolute atomic E-state index is 0.0329. The topological polar surface area (TPSA) is 86.8 Å². The van der Waals surface area contributed by atoms with Gasteiger partial charge in [0.15, 0.2) is 0 Å². The normalized spacial score (nSPS) is 13.0. The first-order chi connectivity index (χ1) is 23.1. The largest absolute Gasteiger partial charge is 0.416 e. The van der Waals surface area contributed by atoms with Crippen molar-refractivity contribution >= 4 is 50.7 Å². The summed E-state index contributed by atoms with van der Waals surface area (Å²) < 4.78 is 70.4. The minimum Gasteiger partial charge on any atom is -0.352 e. The molecule has 0 aliphatic heterocycles. The van der Waals surface area contributed by atoms with Crippen LogP contribution in [0.2, 0.25) is 10.0 Å². The van der Waals surface area contributed by atoms with Gasteiger partial charge in [0.25, 0.3) is 10.0 Å². The van der Waals surface area contributed by atoms with Crippen LogP contribution in [0, 0.1) is 6.92 Å². The molecule has 0 bridgehead atoms. The van der Waals surface area contributed by atoms with Gasteiger partial charge in [0.05, 0.1) is 16.1 Å². The summed E-state index contributed by atoms with van der Waals surface area (Å²) in [5.74, 6) is -1.38. The summed E-state index contributed by atoms with van der Waals surface area (Å²) in [4.78, 5) is 29.5. The van der Waals surface area contributed by atoms with Crippen LogP contribution in [0.25, 0.3) is 0 Å². The molecule has 4 aromatic carbocycles. The number of amides is 2. The monoisotopic (exact) mass is 733 g/mol. The maximum absolute atomic E-state index is 14.6. The van der Waals surface area contributed by atoms with Crippen LogP contribution < -0.4 is 9.62 Å². The predicted octanol–water partition coefficient (Wildman–Crippen LogP) is 8.07. The highest BCUT2D eigenvalue weighted by Crippen LogP contribution is 2.34. The number of hydrogen-bond donors (Lipinski definition) is 1. The van der Waals surface area contributed by atoms with Crippen molar-refractivity contribution in [3.05, 3.63) is 129 Å². The van der Waals surface area contributed by atoms with E-state index >= 15 is 0 Å². The van der Waals surface area contributed by atoms with Crippen molar-refractivity contribution in [2.24, 2.45) is 0 Å². The van der Waals surface area contributed by atoms with E-state index in [2.05, 4.69) is 5.32 Å². The number of carbonyl (C=O) groups is 2. The second-order valence-corrected chi connectivity index (χ2v) is 14.3. The molecule has 0 aliphatic rings. The van der Waals surface area contributed by atoms with Crippen LogP contribution in [-0.2, 0) is 38.8 Å².